The Bertz CT molecular complexity index is 1400. The van der Waals surface area contributed by atoms with E-state index in [1.807, 2.05) is 0 Å². The van der Waals surface area contributed by atoms with Gasteiger partial charge < -0.3 is 5.32 Å². The smallest absolute Gasteiger partial charge is 0.325 e. The molecule has 10 nitrogen and oxygen atoms in total. The molecule has 0 aliphatic rings. The van der Waals surface area contributed by atoms with E-state index in [0.29, 0.717) is 0 Å². The first kappa shape index (κ1) is 23.3. The number of halogens is 1. The number of carbonyl (C=O) groups excluding carboxylic acids is 1. The van der Waals surface area contributed by atoms with Gasteiger partial charge in [0.15, 0.2) is 0 Å². The maximum atomic E-state index is 13.0. The van der Waals surface area contributed by atoms with Gasteiger partial charge in [0.05, 0.1) is 22.2 Å². The molecule has 170 valence electrons. The van der Waals surface area contributed by atoms with Crippen LogP contribution in [0.2, 0.25) is 0 Å². The Kier molecular flexibility index (Phi) is 6.55. The third-order valence-corrected chi connectivity index (χ3v) is 6.85. The number of aromatic nitrogens is 3. The van der Waals surface area contributed by atoms with Crippen molar-refractivity contribution in [3.8, 4) is 0 Å². The third kappa shape index (κ3) is 4.60. The minimum absolute atomic E-state index is 0.0204. The zero-order valence-electron chi connectivity index (χ0n) is 17.7. The second-order valence-electron chi connectivity index (χ2n) is 7.23. The molecule has 0 radical (unpaired) electrons. The number of hydrogen-bond acceptors (Lipinski definition) is 6. The maximum absolute atomic E-state index is 13.0. The van der Waals surface area contributed by atoms with Gasteiger partial charge in [0.25, 0.3) is 5.56 Å². The summed E-state index contributed by atoms with van der Waals surface area (Å²) < 4.78 is 41.3. The number of carbonyl (C=O) groups is 1. The average molecular weight is 463 g/mol. The van der Waals surface area contributed by atoms with E-state index < -0.39 is 27.1 Å². The molecule has 1 amide bonds. The monoisotopic (exact) mass is 463 g/mol. The van der Waals surface area contributed by atoms with Crippen molar-refractivity contribution in [1.29, 1.82) is 0 Å². The van der Waals surface area contributed by atoms with Crippen LogP contribution in [0.15, 0.2) is 51.0 Å². The Morgan fingerprint density at radius 3 is 2.47 bits per heavy atom. The standard InChI is InChI=1S/C20H22FN5O5S/c1-24(32(30,31)15-8-6-13(21)7-9-15)10-4-5-17(27)23-14-11-16-18(22-12-14)25(2)20(29)26(3)19(16)28/h6-9,11-12H,4-5,10H2,1-3H3,(H,23,27). The third-order valence-electron chi connectivity index (χ3n) is 4.98. The predicted molar refractivity (Wildman–Crippen MR) is 116 cm³/mol. The molecule has 0 unspecified atom stereocenters. The van der Waals surface area contributed by atoms with Crippen LogP contribution >= 0.6 is 0 Å². The molecule has 0 saturated heterocycles. The molecular formula is C20H22FN5O5S. The first-order valence-corrected chi connectivity index (χ1v) is 11.0. The van der Waals surface area contributed by atoms with Gasteiger partial charge in [-0.1, -0.05) is 0 Å². The van der Waals surface area contributed by atoms with E-state index in [0.717, 1.165) is 21.0 Å². The summed E-state index contributed by atoms with van der Waals surface area (Å²) in [7, 11) is 0.431. The Labute approximate surface area is 183 Å². The van der Waals surface area contributed by atoms with Crippen molar-refractivity contribution in [2.24, 2.45) is 14.1 Å². The molecule has 0 aliphatic carbocycles. The summed E-state index contributed by atoms with van der Waals surface area (Å²) in [4.78, 5) is 40.6. The molecule has 1 aromatic carbocycles. The van der Waals surface area contributed by atoms with Crippen LogP contribution < -0.4 is 16.6 Å². The summed E-state index contributed by atoms with van der Waals surface area (Å²) in [5.41, 5.74) is -0.555. The van der Waals surface area contributed by atoms with Crippen LogP contribution in [0, 0.1) is 5.82 Å². The van der Waals surface area contributed by atoms with Crippen molar-refractivity contribution in [2.45, 2.75) is 17.7 Å². The van der Waals surface area contributed by atoms with E-state index in [1.165, 1.54) is 50.1 Å². The fourth-order valence-electron chi connectivity index (χ4n) is 3.13. The highest BCUT2D eigenvalue weighted by atomic mass is 32.2. The summed E-state index contributed by atoms with van der Waals surface area (Å²) in [6.45, 7) is 0.0752. The fraction of sp³-hybridized carbons (Fsp3) is 0.300. The van der Waals surface area contributed by atoms with Crippen LogP contribution in [-0.4, -0.2) is 46.3 Å². The van der Waals surface area contributed by atoms with Gasteiger partial charge in [0.1, 0.15) is 11.5 Å². The van der Waals surface area contributed by atoms with Gasteiger partial charge in [0.2, 0.25) is 15.9 Å². The van der Waals surface area contributed by atoms with Gasteiger partial charge >= 0.3 is 5.69 Å². The number of fused-ring (bicyclic) bond motifs is 1. The van der Waals surface area contributed by atoms with Crippen LogP contribution in [0.3, 0.4) is 0 Å². The van der Waals surface area contributed by atoms with E-state index in [-0.39, 0.29) is 46.9 Å². The van der Waals surface area contributed by atoms with Gasteiger partial charge in [0, 0.05) is 34.1 Å². The Hall–Kier alpha value is -3.38. The van der Waals surface area contributed by atoms with Crippen LogP contribution in [0.1, 0.15) is 12.8 Å². The lowest BCUT2D eigenvalue weighted by Gasteiger charge is -2.17. The number of aryl methyl sites for hydroxylation is 1. The molecular weight excluding hydrogens is 441 g/mol. The summed E-state index contributed by atoms with van der Waals surface area (Å²) >= 11 is 0. The molecule has 2 aromatic heterocycles. The number of nitrogens with zero attached hydrogens (tertiary/aromatic N) is 4. The van der Waals surface area contributed by atoms with Crippen LogP contribution in [0.4, 0.5) is 10.1 Å². The lowest BCUT2D eigenvalue weighted by Crippen LogP contribution is -2.37. The molecule has 1 N–H and O–H groups in total. The molecule has 2 heterocycles. The summed E-state index contributed by atoms with van der Waals surface area (Å²) in [5, 5.41) is 2.80. The summed E-state index contributed by atoms with van der Waals surface area (Å²) in [5.74, 6) is -0.924. The number of rotatable bonds is 7. The van der Waals surface area contributed by atoms with Gasteiger partial charge in [-0.3, -0.25) is 18.7 Å². The van der Waals surface area contributed by atoms with Crippen LogP contribution in [0.25, 0.3) is 11.0 Å². The number of sulfonamides is 1. The summed E-state index contributed by atoms with van der Waals surface area (Å²) in [6, 6.07) is 5.93. The molecule has 0 spiro atoms. The Balaban J connectivity index is 1.64. The van der Waals surface area contributed by atoms with Crippen molar-refractivity contribution in [1.82, 2.24) is 18.4 Å². The molecule has 32 heavy (non-hydrogen) atoms. The van der Waals surface area contributed by atoms with Crippen molar-refractivity contribution >= 4 is 32.7 Å². The van der Waals surface area contributed by atoms with E-state index in [9.17, 15) is 27.2 Å². The quantitative estimate of drug-likeness (QED) is 0.553. The first-order chi connectivity index (χ1) is 15.0. The Morgan fingerprint density at radius 2 is 1.81 bits per heavy atom. The van der Waals surface area contributed by atoms with Gasteiger partial charge in [-0.25, -0.2) is 26.9 Å². The van der Waals surface area contributed by atoms with Crippen LogP contribution in [-0.2, 0) is 28.9 Å². The van der Waals surface area contributed by atoms with Crippen molar-refractivity contribution < 1.29 is 17.6 Å². The molecule has 3 rings (SSSR count). The highest BCUT2D eigenvalue weighted by Gasteiger charge is 2.20. The molecule has 3 aromatic rings. The molecule has 0 fully saturated rings. The number of amides is 1. The zero-order chi connectivity index (χ0) is 23.6. The molecule has 0 atom stereocenters. The number of hydrogen-bond donors (Lipinski definition) is 1. The SMILES string of the molecule is CN(CCCC(=O)Nc1cnc2c(c1)c(=O)n(C)c(=O)n2C)S(=O)(=O)c1ccc(F)cc1. The first-order valence-electron chi connectivity index (χ1n) is 9.60. The second-order valence-corrected chi connectivity index (χ2v) is 9.28. The van der Waals surface area contributed by atoms with Crippen molar-refractivity contribution in [3.63, 3.8) is 0 Å². The minimum atomic E-state index is -3.79. The van der Waals surface area contributed by atoms with E-state index in [2.05, 4.69) is 10.3 Å². The van der Waals surface area contributed by atoms with Crippen molar-refractivity contribution in [2.75, 3.05) is 18.9 Å². The van der Waals surface area contributed by atoms with E-state index in [4.69, 9.17) is 0 Å². The lowest BCUT2D eigenvalue weighted by molar-refractivity contribution is -0.116. The van der Waals surface area contributed by atoms with Crippen molar-refractivity contribution in [3.05, 3.63) is 63.2 Å². The maximum Gasteiger partial charge on any atom is 0.332 e. The highest BCUT2D eigenvalue weighted by molar-refractivity contribution is 7.89. The Morgan fingerprint density at radius 1 is 1.16 bits per heavy atom. The highest BCUT2D eigenvalue weighted by Crippen LogP contribution is 2.16. The predicted octanol–water partition coefficient (Wildman–Crippen LogP) is 0.811. The van der Waals surface area contributed by atoms with E-state index in [1.54, 1.807) is 0 Å². The largest absolute Gasteiger partial charge is 0.332 e. The topological polar surface area (TPSA) is 123 Å². The van der Waals surface area contributed by atoms with Crippen LogP contribution in [0.5, 0.6) is 0 Å². The minimum Gasteiger partial charge on any atom is -0.325 e. The molecule has 0 saturated carbocycles. The molecule has 0 aliphatic heterocycles. The van der Waals surface area contributed by atoms with Gasteiger partial charge in [-0.15, -0.1) is 0 Å². The normalized spacial score (nSPS) is 11.8. The summed E-state index contributed by atoms with van der Waals surface area (Å²) in [6.07, 6.45) is 1.59. The fourth-order valence-corrected chi connectivity index (χ4v) is 4.34. The number of anilines is 1. The number of pyridine rings is 1. The zero-order valence-corrected chi connectivity index (χ0v) is 18.5. The van der Waals surface area contributed by atoms with Gasteiger partial charge in [-0.2, -0.15) is 0 Å². The number of nitrogens with one attached hydrogen (secondary N) is 1. The molecule has 12 heteroatoms. The molecule has 0 bridgehead atoms. The second kappa shape index (κ2) is 9.01. The van der Waals surface area contributed by atoms with Gasteiger partial charge in [-0.05, 0) is 36.8 Å². The average Bonchev–Trinajstić information content (AvgIpc) is 2.76. The van der Waals surface area contributed by atoms with E-state index >= 15 is 0 Å². The lowest BCUT2D eigenvalue weighted by atomic mass is 10.2. The number of benzene rings is 1.